The molecule has 0 saturated carbocycles. The molecule has 2 rings (SSSR count). The minimum atomic E-state index is 0.578. The van der Waals surface area contributed by atoms with E-state index < -0.39 is 0 Å². The summed E-state index contributed by atoms with van der Waals surface area (Å²) in [6.07, 6.45) is 8.97. The monoisotopic (exact) mass is 182 g/mol. The normalized spacial score (nSPS) is 36.5. The Morgan fingerprint density at radius 2 is 2.38 bits per heavy atom. The number of rotatable bonds is 5. The second-order valence-corrected chi connectivity index (χ2v) is 4.05. The Morgan fingerprint density at radius 1 is 1.46 bits per heavy atom. The number of hydrogen-bond acceptors (Lipinski definition) is 2. The molecule has 0 aromatic heterocycles. The standard InChI is InChI=1S/C11H18O2/c1-2-12-7-3-4-9-8-10-5-6-11(9)13-10/h2,9-11H,1,3-8H2. The zero-order valence-electron chi connectivity index (χ0n) is 8.08. The summed E-state index contributed by atoms with van der Waals surface area (Å²) in [6, 6.07) is 0. The van der Waals surface area contributed by atoms with Crippen molar-refractivity contribution >= 4 is 0 Å². The van der Waals surface area contributed by atoms with Crippen LogP contribution in [0.4, 0.5) is 0 Å². The van der Waals surface area contributed by atoms with E-state index in [1.54, 1.807) is 0 Å². The fourth-order valence-corrected chi connectivity index (χ4v) is 2.56. The predicted molar refractivity (Wildman–Crippen MR) is 51.4 cm³/mol. The lowest BCUT2D eigenvalue weighted by Crippen LogP contribution is -2.16. The van der Waals surface area contributed by atoms with Crippen molar-refractivity contribution in [2.24, 2.45) is 5.92 Å². The summed E-state index contributed by atoms with van der Waals surface area (Å²) >= 11 is 0. The van der Waals surface area contributed by atoms with Crippen molar-refractivity contribution in [2.75, 3.05) is 6.61 Å². The zero-order chi connectivity index (χ0) is 9.10. The van der Waals surface area contributed by atoms with Crippen LogP contribution in [-0.4, -0.2) is 18.8 Å². The van der Waals surface area contributed by atoms with Crippen molar-refractivity contribution in [3.05, 3.63) is 12.8 Å². The molecule has 0 spiro atoms. The van der Waals surface area contributed by atoms with E-state index >= 15 is 0 Å². The van der Waals surface area contributed by atoms with E-state index in [1.165, 1.54) is 31.9 Å². The maximum atomic E-state index is 5.78. The summed E-state index contributed by atoms with van der Waals surface area (Å²) in [6.45, 7) is 4.34. The molecule has 0 aliphatic carbocycles. The zero-order valence-corrected chi connectivity index (χ0v) is 8.08. The van der Waals surface area contributed by atoms with Crippen LogP contribution in [0.25, 0.3) is 0 Å². The van der Waals surface area contributed by atoms with E-state index in [2.05, 4.69) is 6.58 Å². The van der Waals surface area contributed by atoms with Crippen LogP contribution in [0, 0.1) is 5.92 Å². The fraction of sp³-hybridized carbons (Fsp3) is 0.818. The van der Waals surface area contributed by atoms with E-state index in [4.69, 9.17) is 9.47 Å². The van der Waals surface area contributed by atoms with Crippen LogP contribution >= 0.6 is 0 Å². The van der Waals surface area contributed by atoms with Gasteiger partial charge in [0, 0.05) is 0 Å². The molecule has 2 aliphatic heterocycles. The molecule has 3 atom stereocenters. The molecule has 2 bridgehead atoms. The molecule has 3 unspecified atom stereocenters. The molecule has 2 nitrogen and oxygen atoms in total. The first-order valence-corrected chi connectivity index (χ1v) is 5.28. The highest BCUT2D eigenvalue weighted by Crippen LogP contribution is 2.40. The topological polar surface area (TPSA) is 18.5 Å². The van der Waals surface area contributed by atoms with Crippen LogP contribution in [0.2, 0.25) is 0 Å². The molecular formula is C11H18O2. The molecule has 2 saturated heterocycles. The van der Waals surface area contributed by atoms with Gasteiger partial charge in [-0.1, -0.05) is 6.58 Å². The lowest BCUT2D eigenvalue weighted by molar-refractivity contribution is 0.0897. The molecule has 2 fully saturated rings. The Bertz CT molecular complexity index is 179. The van der Waals surface area contributed by atoms with Gasteiger partial charge < -0.3 is 9.47 Å². The SMILES string of the molecule is C=COCCCC1CC2CCC1O2. The van der Waals surface area contributed by atoms with Gasteiger partial charge in [-0.15, -0.1) is 0 Å². The first-order chi connectivity index (χ1) is 6.40. The van der Waals surface area contributed by atoms with Gasteiger partial charge in [0.15, 0.2) is 0 Å². The molecule has 0 N–H and O–H groups in total. The van der Waals surface area contributed by atoms with Crippen molar-refractivity contribution in [2.45, 2.75) is 44.3 Å². The minimum absolute atomic E-state index is 0.578. The molecule has 0 aromatic carbocycles. The number of fused-ring (bicyclic) bond motifs is 2. The van der Waals surface area contributed by atoms with Crippen molar-refractivity contribution in [3.63, 3.8) is 0 Å². The van der Waals surface area contributed by atoms with Crippen molar-refractivity contribution in [1.82, 2.24) is 0 Å². The second-order valence-electron chi connectivity index (χ2n) is 4.05. The van der Waals surface area contributed by atoms with Gasteiger partial charge in [-0.25, -0.2) is 0 Å². The molecule has 2 aliphatic rings. The van der Waals surface area contributed by atoms with E-state index in [1.807, 2.05) is 0 Å². The quantitative estimate of drug-likeness (QED) is 0.480. The van der Waals surface area contributed by atoms with Gasteiger partial charge in [-0.2, -0.15) is 0 Å². The first-order valence-electron chi connectivity index (χ1n) is 5.28. The summed E-state index contributed by atoms with van der Waals surface area (Å²) in [7, 11) is 0. The molecule has 2 heterocycles. The summed E-state index contributed by atoms with van der Waals surface area (Å²) in [4.78, 5) is 0. The Balaban J connectivity index is 1.63. The highest BCUT2D eigenvalue weighted by Gasteiger charge is 2.39. The average molecular weight is 182 g/mol. The predicted octanol–water partition coefficient (Wildman–Crippen LogP) is 2.49. The van der Waals surface area contributed by atoms with Crippen LogP contribution in [-0.2, 0) is 9.47 Å². The third kappa shape index (κ3) is 2.05. The maximum Gasteiger partial charge on any atom is 0.0873 e. The smallest absolute Gasteiger partial charge is 0.0873 e. The van der Waals surface area contributed by atoms with E-state index in [-0.39, 0.29) is 0 Å². The van der Waals surface area contributed by atoms with Crippen LogP contribution in [0.3, 0.4) is 0 Å². The van der Waals surface area contributed by atoms with Crippen molar-refractivity contribution < 1.29 is 9.47 Å². The molecular weight excluding hydrogens is 164 g/mol. The largest absolute Gasteiger partial charge is 0.502 e. The molecule has 2 heteroatoms. The van der Waals surface area contributed by atoms with Gasteiger partial charge in [0.2, 0.25) is 0 Å². The van der Waals surface area contributed by atoms with Crippen LogP contribution in [0.1, 0.15) is 32.1 Å². The lowest BCUT2D eigenvalue weighted by Gasteiger charge is -2.17. The summed E-state index contributed by atoms with van der Waals surface area (Å²) in [5, 5.41) is 0. The van der Waals surface area contributed by atoms with Crippen LogP contribution in [0.5, 0.6) is 0 Å². The fourth-order valence-electron chi connectivity index (χ4n) is 2.56. The van der Waals surface area contributed by atoms with Gasteiger partial charge in [0.25, 0.3) is 0 Å². The highest BCUT2D eigenvalue weighted by atomic mass is 16.5. The van der Waals surface area contributed by atoms with E-state index in [0.29, 0.717) is 12.2 Å². The minimum Gasteiger partial charge on any atom is -0.502 e. The average Bonchev–Trinajstić information content (AvgIpc) is 2.73. The van der Waals surface area contributed by atoms with Gasteiger partial charge >= 0.3 is 0 Å². The summed E-state index contributed by atoms with van der Waals surface area (Å²) in [5.74, 6) is 0.812. The number of ether oxygens (including phenoxy) is 2. The van der Waals surface area contributed by atoms with Crippen LogP contribution in [0.15, 0.2) is 12.8 Å². The molecule has 13 heavy (non-hydrogen) atoms. The molecule has 74 valence electrons. The number of hydrogen-bond donors (Lipinski definition) is 0. The molecule has 0 radical (unpaired) electrons. The second kappa shape index (κ2) is 4.14. The summed E-state index contributed by atoms with van der Waals surface area (Å²) in [5.41, 5.74) is 0. The van der Waals surface area contributed by atoms with Crippen molar-refractivity contribution in [3.8, 4) is 0 Å². The lowest BCUT2D eigenvalue weighted by atomic mass is 9.86. The van der Waals surface area contributed by atoms with Crippen LogP contribution < -0.4 is 0 Å². The van der Waals surface area contributed by atoms with Gasteiger partial charge in [0.05, 0.1) is 25.1 Å². The van der Waals surface area contributed by atoms with E-state index in [9.17, 15) is 0 Å². The Morgan fingerprint density at radius 3 is 3.00 bits per heavy atom. The molecule has 0 amide bonds. The van der Waals surface area contributed by atoms with Gasteiger partial charge in [-0.3, -0.25) is 0 Å². The van der Waals surface area contributed by atoms with Gasteiger partial charge in [-0.05, 0) is 38.0 Å². The third-order valence-electron chi connectivity index (χ3n) is 3.19. The Labute approximate surface area is 79.9 Å². The maximum absolute atomic E-state index is 5.78. The van der Waals surface area contributed by atoms with Crippen molar-refractivity contribution in [1.29, 1.82) is 0 Å². The molecule has 0 aromatic rings. The van der Waals surface area contributed by atoms with Gasteiger partial charge in [0.1, 0.15) is 0 Å². The van der Waals surface area contributed by atoms with E-state index in [0.717, 1.165) is 18.9 Å². The Kier molecular flexibility index (Phi) is 2.89. The third-order valence-corrected chi connectivity index (χ3v) is 3.19. The highest BCUT2D eigenvalue weighted by molar-refractivity contribution is 4.89. The first kappa shape index (κ1) is 9.07. The summed E-state index contributed by atoms with van der Waals surface area (Å²) < 4.78 is 10.9. The Hall–Kier alpha value is -0.500.